The first-order valence-corrected chi connectivity index (χ1v) is 11.7. The predicted molar refractivity (Wildman–Crippen MR) is 126 cm³/mol. The maximum atomic E-state index is 10.1. The zero-order chi connectivity index (χ0) is 20.9. The molecule has 0 bridgehead atoms. The molecule has 156 valence electrons. The van der Waals surface area contributed by atoms with E-state index in [1.54, 1.807) is 29.7 Å². The van der Waals surface area contributed by atoms with Crippen molar-refractivity contribution in [2.75, 3.05) is 7.11 Å². The van der Waals surface area contributed by atoms with Gasteiger partial charge in [-0.1, -0.05) is 53.4 Å². The number of phenols is 1. The lowest BCUT2D eigenvalue weighted by Gasteiger charge is -2.16. The molecule has 1 fully saturated rings. The fourth-order valence-electron chi connectivity index (χ4n) is 3.63. The van der Waals surface area contributed by atoms with Gasteiger partial charge in [-0.2, -0.15) is 5.10 Å². The standard InChI is InChI=1S/C23H24BrN3O2S/c1-29-22-12-11-16(13-21(22)28)14-25-27-20(18-9-5-6-10-19(18)24)15-30-23(27)26-17-7-3-2-4-8-17/h5-6,9-15,17,28H,2-4,7-8H2,1H3. The fraction of sp³-hybridized carbons (Fsp3) is 0.304. The van der Waals surface area contributed by atoms with Gasteiger partial charge in [0.1, 0.15) is 0 Å². The summed E-state index contributed by atoms with van der Waals surface area (Å²) in [7, 11) is 1.53. The minimum absolute atomic E-state index is 0.0925. The van der Waals surface area contributed by atoms with Crippen molar-refractivity contribution in [1.29, 1.82) is 0 Å². The van der Waals surface area contributed by atoms with Gasteiger partial charge in [-0.25, -0.2) is 4.68 Å². The van der Waals surface area contributed by atoms with E-state index in [0.717, 1.165) is 38.9 Å². The van der Waals surface area contributed by atoms with Crippen molar-refractivity contribution in [3.8, 4) is 22.8 Å². The zero-order valence-electron chi connectivity index (χ0n) is 16.8. The Labute approximate surface area is 188 Å². The van der Waals surface area contributed by atoms with Crippen LogP contribution in [0.25, 0.3) is 11.3 Å². The summed E-state index contributed by atoms with van der Waals surface area (Å²) in [4.78, 5) is 5.92. The van der Waals surface area contributed by atoms with E-state index in [-0.39, 0.29) is 5.75 Å². The van der Waals surface area contributed by atoms with Gasteiger partial charge in [-0.15, -0.1) is 11.3 Å². The number of ether oxygens (including phenoxy) is 1. The smallest absolute Gasteiger partial charge is 0.206 e. The van der Waals surface area contributed by atoms with E-state index in [1.807, 2.05) is 28.9 Å². The molecule has 1 saturated carbocycles. The molecule has 7 heteroatoms. The van der Waals surface area contributed by atoms with Gasteiger partial charge >= 0.3 is 0 Å². The third-order valence-electron chi connectivity index (χ3n) is 5.23. The Balaban J connectivity index is 1.77. The minimum Gasteiger partial charge on any atom is -0.504 e. The Morgan fingerprint density at radius 3 is 2.70 bits per heavy atom. The first-order valence-electron chi connectivity index (χ1n) is 10.1. The van der Waals surface area contributed by atoms with Gasteiger partial charge in [-0.05, 0) is 42.7 Å². The van der Waals surface area contributed by atoms with Crippen LogP contribution in [-0.4, -0.2) is 29.1 Å². The Hall–Kier alpha value is -2.38. The molecule has 0 radical (unpaired) electrons. The van der Waals surface area contributed by atoms with Crippen LogP contribution in [0.15, 0.2) is 62.4 Å². The quantitative estimate of drug-likeness (QED) is 0.463. The zero-order valence-corrected chi connectivity index (χ0v) is 19.2. The number of hydrogen-bond donors (Lipinski definition) is 1. The molecule has 0 saturated heterocycles. The lowest BCUT2D eigenvalue weighted by atomic mass is 9.96. The van der Waals surface area contributed by atoms with E-state index in [1.165, 1.54) is 26.4 Å². The summed E-state index contributed by atoms with van der Waals surface area (Å²) >= 11 is 5.27. The van der Waals surface area contributed by atoms with Crippen molar-refractivity contribution in [2.24, 2.45) is 10.1 Å². The van der Waals surface area contributed by atoms with E-state index in [4.69, 9.17) is 14.8 Å². The second-order valence-electron chi connectivity index (χ2n) is 7.29. The number of rotatable bonds is 5. The maximum Gasteiger partial charge on any atom is 0.206 e. The molecule has 2 aromatic carbocycles. The number of aromatic hydroxyl groups is 1. The molecule has 3 aromatic rings. The van der Waals surface area contributed by atoms with E-state index in [9.17, 15) is 5.11 Å². The van der Waals surface area contributed by atoms with E-state index in [0.29, 0.717) is 11.8 Å². The molecule has 0 amide bonds. The minimum atomic E-state index is 0.0925. The molecule has 0 aliphatic heterocycles. The van der Waals surface area contributed by atoms with Gasteiger partial charge in [0.15, 0.2) is 11.5 Å². The molecule has 0 atom stereocenters. The topological polar surface area (TPSA) is 59.1 Å². The molecule has 1 N–H and O–H groups in total. The third kappa shape index (κ3) is 4.68. The van der Waals surface area contributed by atoms with Crippen LogP contribution in [0.4, 0.5) is 0 Å². The maximum absolute atomic E-state index is 10.1. The lowest BCUT2D eigenvalue weighted by Crippen LogP contribution is -2.19. The van der Waals surface area contributed by atoms with Crippen molar-refractivity contribution >= 4 is 33.5 Å². The third-order valence-corrected chi connectivity index (χ3v) is 6.75. The number of halogens is 1. The number of benzene rings is 2. The van der Waals surface area contributed by atoms with Gasteiger partial charge in [-0.3, -0.25) is 4.99 Å². The highest BCUT2D eigenvalue weighted by Gasteiger charge is 2.15. The van der Waals surface area contributed by atoms with E-state index in [2.05, 4.69) is 27.4 Å². The largest absolute Gasteiger partial charge is 0.504 e. The average molecular weight is 486 g/mol. The van der Waals surface area contributed by atoms with Crippen LogP contribution in [0.2, 0.25) is 0 Å². The summed E-state index contributed by atoms with van der Waals surface area (Å²) in [5.41, 5.74) is 2.83. The van der Waals surface area contributed by atoms with Crippen LogP contribution in [0.5, 0.6) is 11.5 Å². The SMILES string of the molecule is COc1ccc(C=Nn2c(-c3ccccc3Br)csc2=NC2CCCCC2)cc1O. The number of methoxy groups -OCH3 is 1. The molecule has 5 nitrogen and oxygen atoms in total. The van der Waals surface area contributed by atoms with Crippen LogP contribution in [0.1, 0.15) is 37.7 Å². The molecule has 1 aromatic heterocycles. The summed E-state index contributed by atoms with van der Waals surface area (Å²) in [6.07, 6.45) is 7.80. The second-order valence-corrected chi connectivity index (χ2v) is 8.98. The van der Waals surface area contributed by atoms with Gasteiger partial charge < -0.3 is 9.84 Å². The Kier molecular flexibility index (Phi) is 6.69. The molecule has 0 spiro atoms. The van der Waals surface area contributed by atoms with Crippen molar-refractivity contribution < 1.29 is 9.84 Å². The number of phenolic OH excluding ortho intramolecular Hbond substituents is 1. The average Bonchev–Trinajstić information content (AvgIpc) is 3.15. The highest BCUT2D eigenvalue weighted by Crippen LogP contribution is 2.29. The number of thiazole rings is 1. The van der Waals surface area contributed by atoms with E-state index < -0.39 is 0 Å². The highest BCUT2D eigenvalue weighted by molar-refractivity contribution is 9.10. The Bertz CT molecular complexity index is 1110. The van der Waals surface area contributed by atoms with Gasteiger partial charge in [0, 0.05) is 15.4 Å². The Morgan fingerprint density at radius 1 is 1.17 bits per heavy atom. The lowest BCUT2D eigenvalue weighted by molar-refractivity contribution is 0.373. The Morgan fingerprint density at radius 2 is 1.97 bits per heavy atom. The van der Waals surface area contributed by atoms with Crippen molar-refractivity contribution in [3.05, 3.63) is 62.7 Å². The second kappa shape index (κ2) is 9.62. The molecule has 1 aliphatic carbocycles. The van der Waals surface area contributed by atoms with Crippen molar-refractivity contribution in [3.63, 3.8) is 0 Å². The molecule has 4 rings (SSSR count). The summed E-state index contributed by atoms with van der Waals surface area (Å²) in [6.45, 7) is 0. The van der Waals surface area contributed by atoms with Crippen LogP contribution >= 0.6 is 27.3 Å². The monoisotopic (exact) mass is 485 g/mol. The van der Waals surface area contributed by atoms with Crippen molar-refractivity contribution in [2.45, 2.75) is 38.1 Å². The highest BCUT2D eigenvalue weighted by atomic mass is 79.9. The molecule has 0 unspecified atom stereocenters. The van der Waals surface area contributed by atoms with Crippen LogP contribution in [0, 0.1) is 0 Å². The first kappa shape index (κ1) is 20.9. The summed E-state index contributed by atoms with van der Waals surface area (Å²) < 4.78 is 8.04. The normalized spacial score (nSPS) is 15.7. The molecule has 1 aliphatic rings. The van der Waals surface area contributed by atoms with Crippen LogP contribution in [0.3, 0.4) is 0 Å². The molecule has 30 heavy (non-hydrogen) atoms. The molecular weight excluding hydrogens is 462 g/mol. The van der Waals surface area contributed by atoms with Crippen molar-refractivity contribution in [1.82, 2.24) is 4.68 Å². The molecule has 1 heterocycles. The number of hydrogen-bond acceptors (Lipinski definition) is 5. The van der Waals surface area contributed by atoms with Crippen LogP contribution in [-0.2, 0) is 0 Å². The number of nitrogens with zero attached hydrogens (tertiary/aromatic N) is 3. The number of aromatic nitrogens is 1. The first-order chi connectivity index (χ1) is 14.7. The van der Waals surface area contributed by atoms with Gasteiger partial charge in [0.05, 0.1) is 25.1 Å². The fourth-order valence-corrected chi connectivity index (χ4v) is 5.02. The molecular formula is C23H24BrN3O2S. The summed E-state index contributed by atoms with van der Waals surface area (Å²) in [5.74, 6) is 0.534. The predicted octanol–water partition coefficient (Wildman–Crippen LogP) is 5.81. The summed E-state index contributed by atoms with van der Waals surface area (Å²) in [5, 5.41) is 16.9. The van der Waals surface area contributed by atoms with Crippen LogP contribution < -0.4 is 9.54 Å². The van der Waals surface area contributed by atoms with Gasteiger partial charge in [0.2, 0.25) is 4.80 Å². The summed E-state index contributed by atoms with van der Waals surface area (Å²) in [6, 6.07) is 13.7. The van der Waals surface area contributed by atoms with E-state index >= 15 is 0 Å². The van der Waals surface area contributed by atoms with Gasteiger partial charge in [0.25, 0.3) is 0 Å².